The standard InChI is InChI=1S/C23H16O4/c1-3-7-17-11-21-19(9-15(17)5-1)24-13-23(26-21)14-25-20-10-16-6-2-4-8-18(16)12-22(20)27-23/h1-12H,13-14H2. The molecule has 0 N–H and O–H groups in total. The highest BCUT2D eigenvalue weighted by molar-refractivity contribution is 5.87. The van der Waals surface area contributed by atoms with Gasteiger partial charge in [-0.2, -0.15) is 0 Å². The second kappa shape index (κ2) is 5.30. The van der Waals surface area contributed by atoms with Crippen LogP contribution in [-0.4, -0.2) is 19.0 Å². The first-order valence-electron chi connectivity index (χ1n) is 8.97. The summed E-state index contributed by atoms with van der Waals surface area (Å²) in [6.45, 7) is 0.537. The van der Waals surface area contributed by atoms with Gasteiger partial charge in [0.25, 0.3) is 0 Å². The smallest absolute Gasteiger partial charge is 0.320 e. The molecule has 0 saturated heterocycles. The van der Waals surface area contributed by atoms with Crippen LogP contribution < -0.4 is 18.9 Å². The summed E-state index contributed by atoms with van der Waals surface area (Å²) in [7, 11) is 0. The molecule has 0 fully saturated rings. The van der Waals surface area contributed by atoms with Gasteiger partial charge in [-0.25, -0.2) is 0 Å². The van der Waals surface area contributed by atoms with E-state index < -0.39 is 5.79 Å². The molecule has 132 valence electrons. The van der Waals surface area contributed by atoms with Gasteiger partial charge in [0.2, 0.25) is 0 Å². The SMILES string of the molecule is c1ccc2cc3c(cc2c1)OCC1(COc2cc4ccccc4cc2O1)O3. The van der Waals surface area contributed by atoms with Crippen molar-refractivity contribution in [2.24, 2.45) is 0 Å². The number of hydrogen-bond donors (Lipinski definition) is 0. The highest BCUT2D eigenvalue weighted by Gasteiger charge is 2.45. The Morgan fingerprint density at radius 1 is 0.519 bits per heavy atom. The predicted octanol–water partition coefficient (Wildman–Crippen LogP) is 4.93. The van der Waals surface area contributed by atoms with E-state index in [1.807, 2.05) is 48.5 Å². The van der Waals surface area contributed by atoms with Crippen molar-refractivity contribution >= 4 is 21.5 Å². The lowest BCUT2D eigenvalue weighted by Gasteiger charge is -2.40. The average Bonchev–Trinajstić information content (AvgIpc) is 2.71. The Labute approximate surface area is 155 Å². The number of fused-ring (bicyclic) bond motifs is 4. The summed E-state index contributed by atoms with van der Waals surface area (Å²) in [6, 6.07) is 24.3. The second-order valence-corrected chi connectivity index (χ2v) is 6.98. The van der Waals surface area contributed by atoms with Crippen LogP contribution in [-0.2, 0) is 0 Å². The molecule has 0 radical (unpaired) electrons. The largest absolute Gasteiger partial charge is 0.481 e. The molecule has 4 aromatic rings. The maximum Gasteiger partial charge on any atom is 0.320 e. The number of hydrogen-bond acceptors (Lipinski definition) is 4. The topological polar surface area (TPSA) is 36.9 Å². The van der Waals surface area contributed by atoms with Gasteiger partial charge in [0, 0.05) is 0 Å². The lowest BCUT2D eigenvalue weighted by Crippen LogP contribution is -2.56. The number of rotatable bonds is 0. The molecule has 4 aromatic carbocycles. The van der Waals surface area contributed by atoms with Crippen molar-refractivity contribution in [2.45, 2.75) is 5.79 Å². The summed E-state index contributed by atoms with van der Waals surface area (Å²) in [5.74, 6) is 1.82. The minimum atomic E-state index is -0.981. The van der Waals surface area contributed by atoms with Crippen LogP contribution in [0.3, 0.4) is 0 Å². The molecule has 0 saturated carbocycles. The first-order chi connectivity index (χ1) is 13.3. The van der Waals surface area contributed by atoms with E-state index in [-0.39, 0.29) is 13.2 Å². The van der Waals surface area contributed by atoms with Gasteiger partial charge in [-0.1, -0.05) is 48.5 Å². The highest BCUT2D eigenvalue weighted by Crippen LogP contribution is 2.44. The molecule has 0 aromatic heterocycles. The monoisotopic (exact) mass is 356 g/mol. The number of benzene rings is 4. The molecule has 4 nitrogen and oxygen atoms in total. The average molecular weight is 356 g/mol. The van der Waals surface area contributed by atoms with Gasteiger partial charge in [-0.05, 0) is 45.8 Å². The van der Waals surface area contributed by atoms with Crippen molar-refractivity contribution in [2.75, 3.05) is 13.2 Å². The third kappa shape index (κ3) is 2.30. The fraction of sp³-hybridized carbons (Fsp3) is 0.130. The van der Waals surface area contributed by atoms with Crippen molar-refractivity contribution < 1.29 is 18.9 Å². The summed E-state index contributed by atoms with van der Waals surface area (Å²) in [5, 5.41) is 4.43. The molecule has 0 unspecified atom stereocenters. The van der Waals surface area contributed by atoms with Crippen molar-refractivity contribution in [1.29, 1.82) is 0 Å². The summed E-state index contributed by atoms with van der Waals surface area (Å²) in [4.78, 5) is 0. The fourth-order valence-corrected chi connectivity index (χ4v) is 3.74. The van der Waals surface area contributed by atoms with Crippen molar-refractivity contribution in [1.82, 2.24) is 0 Å². The molecule has 27 heavy (non-hydrogen) atoms. The molecular weight excluding hydrogens is 340 g/mol. The van der Waals surface area contributed by atoms with E-state index in [0.717, 1.165) is 33.0 Å². The van der Waals surface area contributed by atoms with Crippen LogP contribution in [0.25, 0.3) is 21.5 Å². The minimum Gasteiger partial charge on any atom is -0.481 e. The van der Waals surface area contributed by atoms with Crippen LogP contribution in [0, 0.1) is 0 Å². The molecule has 6 rings (SSSR count). The summed E-state index contributed by atoms with van der Waals surface area (Å²) >= 11 is 0. The van der Waals surface area contributed by atoms with Crippen LogP contribution >= 0.6 is 0 Å². The van der Waals surface area contributed by atoms with E-state index in [9.17, 15) is 0 Å². The molecule has 0 atom stereocenters. The first-order valence-corrected chi connectivity index (χ1v) is 8.97. The molecule has 4 heteroatoms. The fourth-order valence-electron chi connectivity index (χ4n) is 3.74. The minimum absolute atomic E-state index is 0.268. The molecule has 0 aliphatic carbocycles. The van der Waals surface area contributed by atoms with Crippen molar-refractivity contribution in [3.8, 4) is 23.0 Å². The molecule has 0 amide bonds. The van der Waals surface area contributed by atoms with Crippen LogP contribution in [0.5, 0.6) is 23.0 Å². The van der Waals surface area contributed by atoms with E-state index in [0.29, 0.717) is 11.5 Å². The zero-order valence-corrected chi connectivity index (χ0v) is 14.5. The molecule has 1 spiro atoms. The maximum atomic E-state index is 6.27. The molecular formula is C23H16O4. The van der Waals surface area contributed by atoms with E-state index in [1.165, 1.54) is 0 Å². The molecule has 2 heterocycles. The number of ether oxygens (including phenoxy) is 4. The highest BCUT2D eigenvalue weighted by atomic mass is 16.8. The predicted molar refractivity (Wildman–Crippen MR) is 103 cm³/mol. The zero-order valence-electron chi connectivity index (χ0n) is 14.5. The Hall–Kier alpha value is -3.40. The van der Waals surface area contributed by atoms with Gasteiger partial charge in [-0.3, -0.25) is 0 Å². The van der Waals surface area contributed by atoms with Gasteiger partial charge in [0.05, 0.1) is 0 Å². The molecule has 2 aliphatic heterocycles. The third-order valence-electron chi connectivity index (χ3n) is 5.11. The quantitative estimate of drug-likeness (QED) is 0.448. The van der Waals surface area contributed by atoms with Crippen molar-refractivity contribution in [3.05, 3.63) is 72.8 Å². The zero-order chi connectivity index (χ0) is 17.8. The third-order valence-corrected chi connectivity index (χ3v) is 5.11. The second-order valence-electron chi connectivity index (χ2n) is 6.98. The summed E-state index contributed by atoms with van der Waals surface area (Å²) in [6.07, 6.45) is 0. The molecule has 0 bridgehead atoms. The van der Waals surface area contributed by atoms with E-state index in [4.69, 9.17) is 18.9 Å². The normalized spacial score (nSPS) is 16.6. The van der Waals surface area contributed by atoms with Gasteiger partial charge in [0.15, 0.2) is 36.2 Å². The Balaban J connectivity index is 1.39. The Bertz CT molecular complexity index is 1100. The Morgan fingerprint density at radius 3 is 1.30 bits per heavy atom. The lowest BCUT2D eigenvalue weighted by molar-refractivity contribution is -0.185. The van der Waals surface area contributed by atoms with Crippen LogP contribution in [0.4, 0.5) is 0 Å². The van der Waals surface area contributed by atoms with Crippen LogP contribution in [0.1, 0.15) is 0 Å². The van der Waals surface area contributed by atoms with Gasteiger partial charge < -0.3 is 18.9 Å². The van der Waals surface area contributed by atoms with Crippen LogP contribution in [0.15, 0.2) is 72.8 Å². The van der Waals surface area contributed by atoms with Gasteiger partial charge in [-0.15, -0.1) is 0 Å². The Kier molecular flexibility index (Phi) is 2.89. The van der Waals surface area contributed by atoms with Crippen LogP contribution in [0.2, 0.25) is 0 Å². The van der Waals surface area contributed by atoms with E-state index in [1.54, 1.807) is 0 Å². The summed E-state index contributed by atoms with van der Waals surface area (Å²) < 4.78 is 24.5. The maximum absolute atomic E-state index is 6.27. The van der Waals surface area contributed by atoms with Gasteiger partial charge in [0.1, 0.15) is 0 Å². The first kappa shape index (κ1) is 14.7. The van der Waals surface area contributed by atoms with E-state index >= 15 is 0 Å². The van der Waals surface area contributed by atoms with Gasteiger partial charge >= 0.3 is 5.79 Å². The van der Waals surface area contributed by atoms with Crippen molar-refractivity contribution in [3.63, 3.8) is 0 Å². The Morgan fingerprint density at radius 2 is 0.889 bits per heavy atom. The molecule has 2 aliphatic rings. The lowest BCUT2D eigenvalue weighted by atomic mass is 10.1. The summed E-state index contributed by atoms with van der Waals surface area (Å²) in [5.41, 5.74) is 0. The van der Waals surface area contributed by atoms with E-state index in [2.05, 4.69) is 24.3 Å².